The molecule has 0 spiro atoms. The molecule has 5 nitrogen and oxygen atoms in total. The Labute approximate surface area is 139 Å². The van der Waals surface area contributed by atoms with E-state index in [0.29, 0.717) is 11.3 Å². The highest BCUT2D eigenvalue weighted by Gasteiger charge is 2.21. The van der Waals surface area contributed by atoms with Crippen molar-refractivity contribution in [3.8, 4) is 0 Å². The summed E-state index contributed by atoms with van der Waals surface area (Å²) in [4.78, 5) is 27.5. The first kappa shape index (κ1) is 15.8. The summed E-state index contributed by atoms with van der Waals surface area (Å²) in [7, 11) is 0. The van der Waals surface area contributed by atoms with E-state index in [0.717, 1.165) is 16.5 Å². The molecular weight excluding hydrogens is 304 g/mol. The van der Waals surface area contributed by atoms with Crippen molar-refractivity contribution in [2.75, 3.05) is 5.32 Å². The van der Waals surface area contributed by atoms with Crippen LogP contribution in [0.25, 0.3) is 10.9 Å². The first-order valence-corrected chi connectivity index (χ1v) is 7.69. The molecule has 0 aliphatic heterocycles. The number of nitrogens with one attached hydrogen (secondary N) is 2. The zero-order valence-electron chi connectivity index (χ0n) is 13.5. The van der Waals surface area contributed by atoms with Crippen molar-refractivity contribution in [2.24, 2.45) is 0 Å². The maximum atomic E-state index is 12.3. The van der Waals surface area contributed by atoms with Crippen LogP contribution in [-0.2, 0) is 9.53 Å². The van der Waals surface area contributed by atoms with Crippen LogP contribution < -0.4 is 5.32 Å². The number of para-hydroxylation sites is 1. The number of ether oxygens (including phenoxy) is 1. The summed E-state index contributed by atoms with van der Waals surface area (Å²) in [6.45, 7) is 3.52. The van der Waals surface area contributed by atoms with Crippen LogP contribution >= 0.6 is 0 Å². The molecule has 1 aromatic heterocycles. The number of carbonyl (C=O) groups excluding carboxylic acids is 2. The SMILES string of the molecule is Cc1ccc(NC(=O)[C@@H](C)OC(=O)c2c[nH]c3ccccc23)cc1. The molecule has 1 atom stereocenters. The Balaban J connectivity index is 1.67. The number of aromatic nitrogens is 1. The van der Waals surface area contributed by atoms with Gasteiger partial charge in [-0.15, -0.1) is 0 Å². The monoisotopic (exact) mass is 322 g/mol. The highest BCUT2D eigenvalue weighted by Crippen LogP contribution is 2.19. The lowest BCUT2D eigenvalue weighted by Crippen LogP contribution is -2.29. The predicted molar refractivity (Wildman–Crippen MR) is 93.0 cm³/mol. The van der Waals surface area contributed by atoms with E-state index in [2.05, 4.69) is 10.3 Å². The molecule has 122 valence electrons. The molecule has 2 aromatic carbocycles. The molecule has 3 aromatic rings. The van der Waals surface area contributed by atoms with Gasteiger partial charge in [-0.25, -0.2) is 4.79 Å². The van der Waals surface area contributed by atoms with Crippen LogP contribution in [0.5, 0.6) is 0 Å². The normalized spacial score (nSPS) is 11.9. The van der Waals surface area contributed by atoms with Crippen molar-refractivity contribution in [3.05, 3.63) is 65.9 Å². The molecular formula is C19H18N2O3. The Bertz CT molecular complexity index is 881. The number of amides is 1. The first-order valence-electron chi connectivity index (χ1n) is 7.69. The van der Waals surface area contributed by atoms with E-state index >= 15 is 0 Å². The van der Waals surface area contributed by atoms with Gasteiger partial charge < -0.3 is 15.0 Å². The van der Waals surface area contributed by atoms with Crippen LogP contribution in [0.2, 0.25) is 0 Å². The molecule has 0 aliphatic rings. The highest BCUT2D eigenvalue weighted by atomic mass is 16.5. The molecule has 24 heavy (non-hydrogen) atoms. The first-order chi connectivity index (χ1) is 11.5. The quantitative estimate of drug-likeness (QED) is 0.720. The minimum Gasteiger partial charge on any atom is -0.449 e. The number of benzene rings is 2. The Morgan fingerprint density at radius 2 is 1.79 bits per heavy atom. The van der Waals surface area contributed by atoms with E-state index in [-0.39, 0.29) is 5.91 Å². The summed E-state index contributed by atoms with van der Waals surface area (Å²) in [6, 6.07) is 14.9. The Morgan fingerprint density at radius 3 is 2.54 bits per heavy atom. The van der Waals surface area contributed by atoms with Crippen molar-refractivity contribution in [2.45, 2.75) is 20.0 Å². The molecule has 0 aliphatic carbocycles. The van der Waals surface area contributed by atoms with Gasteiger partial charge in [0, 0.05) is 22.8 Å². The number of hydrogen-bond donors (Lipinski definition) is 2. The van der Waals surface area contributed by atoms with E-state index in [1.54, 1.807) is 25.3 Å². The second kappa shape index (κ2) is 6.58. The van der Waals surface area contributed by atoms with Gasteiger partial charge in [-0.2, -0.15) is 0 Å². The van der Waals surface area contributed by atoms with Gasteiger partial charge in [-0.05, 0) is 32.0 Å². The van der Waals surface area contributed by atoms with Gasteiger partial charge in [0.05, 0.1) is 5.56 Å². The summed E-state index contributed by atoms with van der Waals surface area (Å²) in [5.41, 5.74) is 3.04. The van der Waals surface area contributed by atoms with Crippen LogP contribution in [0, 0.1) is 6.92 Å². The minimum absolute atomic E-state index is 0.368. The number of aryl methyl sites for hydroxylation is 1. The van der Waals surface area contributed by atoms with Crippen LogP contribution in [0.15, 0.2) is 54.7 Å². The van der Waals surface area contributed by atoms with Crippen molar-refractivity contribution >= 4 is 28.5 Å². The summed E-state index contributed by atoms with van der Waals surface area (Å²) in [5, 5.41) is 3.50. The van der Waals surface area contributed by atoms with Gasteiger partial charge >= 0.3 is 5.97 Å². The van der Waals surface area contributed by atoms with E-state index in [1.807, 2.05) is 43.3 Å². The van der Waals surface area contributed by atoms with E-state index < -0.39 is 12.1 Å². The lowest BCUT2D eigenvalue weighted by Gasteiger charge is -2.13. The summed E-state index contributed by atoms with van der Waals surface area (Å²) >= 11 is 0. The van der Waals surface area contributed by atoms with Gasteiger partial charge in [-0.3, -0.25) is 4.79 Å². The summed E-state index contributed by atoms with van der Waals surface area (Å²) in [6.07, 6.45) is 0.699. The average molecular weight is 322 g/mol. The van der Waals surface area contributed by atoms with Crippen molar-refractivity contribution < 1.29 is 14.3 Å². The Hall–Kier alpha value is -3.08. The number of hydrogen-bond acceptors (Lipinski definition) is 3. The summed E-state index contributed by atoms with van der Waals surface area (Å²) in [5.74, 6) is -0.897. The Kier molecular flexibility index (Phi) is 4.33. The zero-order valence-corrected chi connectivity index (χ0v) is 13.5. The van der Waals surface area contributed by atoms with E-state index in [4.69, 9.17) is 4.74 Å². The molecule has 0 saturated carbocycles. The molecule has 2 N–H and O–H groups in total. The van der Waals surface area contributed by atoms with Crippen LogP contribution in [0.3, 0.4) is 0 Å². The smallest absolute Gasteiger partial charge is 0.341 e. The number of H-pyrrole nitrogens is 1. The van der Waals surface area contributed by atoms with Crippen molar-refractivity contribution in [1.82, 2.24) is 4.98 Å². The zero-order chi connectivity index (χ0) is 17.1. The van der Waals surface area contributed by atoms with E-state index in [1.165, 1.54) is 0 Å². The number of anilines is 1. The van der Waals surface area contributed by atoms with E-state index in [9.17, 15) is 9.59 Å². The second-order valence-corrected chi connectivity index (χ2v) is 5.65. The molecule has 0 bridgehead atoms. The lowest BCUT2D eigenvalue weighted by atomic mass is 10.2. The van der Waals surface area contributed by atoms with Crippen molar-refractivity contribution in [3.63, 3.8) is 0 Å². The fraction of sp³-hybridized carbons (Fsp3) is 0.158. The number of aromatic amines is 1. The van der Waals surface area contributed by atoms with Crippen molar-refractivity contribution in [1.29, 1.82) is 0 Å². The molecule has 5 heteroatoms. The molecule has 0 saturated heterocycles. The third kappa shape index (κ3) is 3.30. The van der Waals surface area contributed by atoms with Gasteiger partial charge in [0.25, 0.3) is 5.91 Å². The molecule has 3 rings (SSSR count). The maximum Gasteiger partial charge on any atom is 0.341 e. The fourth-order valence-corrected chi connectivity index (χ4v) is 2.40. The third-order valence-electron chi connectivity index (χ3n) is 3.78. The number of carbonyl (C=O) groups is 2. The topological polar surface area (TPSA) is 71.2 Å². The largest absolute Gasteiger partial charge is 0.449 e. The molecule has 0 unspecified atom stereocenters. The predicted octanol–water partition coefficient (Wildman–Crippen LogP) is 3.66. The molecule has 1 amide bonds. The maximum absolute atomic E-state index is 12.3. The number of esters is 1. The van der Waals surface area contributed by atoms with Gasteiger partial charge in [-0.1, -0.05) is 35.9 Å². The molecule has 0 radical (unpaired) electrons. The highest BCUT2D eigenvalue weighted by molar-refractivity contribution is 6.05. The fourth-order valence-electron chi connectivity index (χ4n) is 2.40. The summed E-state index contributed by atoms with van der Waals surface area (Å²) < 4.78 is 5.29. The third-order valence-corrected chi connectivity index (χ3v) is 3.78. The number of fused-ring (bicyclic) bond motifs is 1. The van der Waals surface area contributed by atoms with Crippen LogP contribution in [-0.4, -0.2) is 23.0 Å². The Morgan fingerprint density at radius 1 is 1.08 bits per heavy atom. The second-order valence-electron chi connectivity index (χ2n) is 5.65. The van der Waals surface area contributed by atoms with Gasteiger partial charge in [0.15, 0.2) is 6.10 Å². The molecule has 0 fully saturated rings. The van der Waals surface area contributed by atoms with Crippen LogP contribution in [0.1, 0.15) is 22.8 Å². The standard InChI is InChI=1S/C19H18N2O3/c1-12-7-9-14(10-8-12)21-18(22)13(2)24-19(23)16-11-20-17-6-4-3-5-15(16)17/h3-11,13,20H,1-2H3,(H,21,22)/t13-/m1/s1. The minimum atomic E-state index is -0.896. The lowest BCUT2D eigenvalue weighted by molar-refractivity contribution is -0.123. The van der Waals surface area contributed by atoms with Gasteiger partial charge in [0.2, 0.25) is 0 Å². The van der Waals surface area contributed by atoms with Gasteiger partial charge in [0.1, 0.15) is 0 Å². The molecule has 1 heterocycles. The number of rotatable bonds is 4. The van der Waals surface area contributed by atoms with Crippen LogP contribution in [0.4, 0.5) is 5.69 Å². The average Bonchev–Trinajstić information content (AvgIpc) is 3.01.